The Morgan fingerprint density at radius 3 is 2.31 bits per heavy atom. The zero-order valence-electron chi connectivity index (χ0n) is 9.67. The molecular formula is C11H22ClN3S. The third-order valence-corrected chi connectivity index (χ3v) is 2.85. The van der Waals surface area contributed by atoms with Gasteiger partial charge in [0, 0.05) is 5.75 Å². The number of hydrogen-bond donors (Lipinski definition) is 1. The van der Waals surface area contributed by atoms with Gasteiger partial charge < -0.3 is 5.73 Å². The second kappa shape index (κ2) is 9.73. The number of halogens is 1. The van der Waals surface area contributed by atoms with Crippen molar-refractivity contribution in [2.45, 2.75) is 46.7 Å². The van der Waals surface area contributed by atoms with Gasteiger partial charge in [0.15, 0.2) is 10.3 Å². The summed E-state index contributed by atoms with van der Waals surface area (Å²) >= 11 is 7.40. The summed E-state index contributed by atoms with van der Waals surface area (Å²) in [5, 5.41) is 1.06. The van der Waals surface area contributed by atoms with Crippen LogP contribution in [-0.2, 0) is 0 Å². The fourth-order valence-electron chi connectivity index (χ4n) is 0.780. The minimum Gasteiger partial charge on any atom is -0.395 e. The lowest BCUT2D eigenvalue weighted by molar-refractivity contribution is 0.934. The van der Waals surface area contributed by atoms with Crippen molar-refractivity contribution in [3.63, 3.8) is 0 Å². The molecule has 0 bridgehead atoms. The van der Waals surface area contributed by atoms with Crippen LogP contribution in [-0.4, -0.2) is 15.7 Å². The van der Waals surface area contributed by atoms with E-state index in [1.165, 1.54) is 0 Å². The molecule has 0 saturated carbocycles. The van der Waals surface area contributed by atoms with Crippen molar-refractivity contribution < 1.29 is 0 Å². The third kappa shape index (κ3) is 5.56. The Labute approximate surface area is 108 Å². The number of thioether (sulfide) groups is 1. The van der Waals surface area contributed by atoms with E-state index in [0.717, 1.165) is 17.9 Å². The highest BCUT2D eigenvalue weighted by atomic mass is 35.5. The van der Waals surface area contributed by atoms with Crippen LogP contribution in [0.5, 0.6) is 0 Å². The van der Waals surface area contributed by atoms with Crippen molar-refractivity contribution in [1.82, 2.24) is 9.97 Å². The van der Waals surface area contributed by atoms with Crippen LogP contribution in [0.4, 0.5) is 5.69 Å². The maximum absolute atomic E-state index is 5.81. The summed E-state index contributed by atoms with van der Waals surface area (Å²) in [6.45, 7) is 7.94. The highest BCUT2D eigenvalue weighted by Crippen LogP contribution is 2.23. The normalized spacial score (nSPS) is 8.81. The van der Waals surface area contributed by atoms with Crippen LogP contribution in [0.1, 0.15) is 40.3 Å². The van der Waals surface area contributed by atoms with Gasteiger partial charge in [-0.25, -0.2) is 9.97 Å². The predicted molar refractivity (Wildman–Crippen MR) is 75.3 cm³/mol. The van der Waals surface area contributed by atoms with Crippen LogP contribution in [0.15, 0.2) is 5.16 Å². The van der Waals surface area contributed by atoms with Gasteiger partial charge in [-0.05, 0) is 13.3 Å². The molecule has 0 aliphatic rings. The van der Waals surface area contributed by atoms with Gasteiger partial charge in [-0.1, -0.05) is 51.6 Å². The molecule has 0 atom stereocenters. The summed E-state index contributed by atoms with van der Waals surface area (Å²) in [5.74, 6) is 1.000. The number of nitrogen functional groups attached to an aromatic ring is 1. The van der Waals surface area contributed by atoms with Crippen molar-refractivity contribution in [3.05, 3.63) is 10.8 Å². The number of aryl methyl sites for hydroxylation is 1. The minimum atomic E-state index is 0. The second-order valence-corrected chi connectivity index (χ2v) is 4.06. The number of rotatable bonds is 3. The van der Waals surface area contributed by atoms with Crippen molar-refractivity contribution in [1.29, 1.82) is 0 Å². The van der Waals surface area contributed by atoms with Crippen molar-refractivity contribution in [3.8, 4) is 0 Å². The largest absolute Gasteiger partial charge is 0.395 e. The standard InChI is InChI=1S/C8H12ClN3S.C2H6.CH4/c1-3-4-13-8-11-5(2)6(10)7(9)12-8;1-2;/h3-4,10H2,1-2H3;1-2H3;1H4. The molecule has 1 aromatic heterocycles. The molecule has 0 aromatic carbocycles. The lowest BCUT2D eigenvalue weighted by atomic mass is 10.4. The van der Waals surface area contributed by atoms with Gasteiger partial charge in [0.2, 0.25) is 0 Å². The second-order valence-electron chi connectivity index (χ2n) is 2.64. The first-order valence-corrected chi connectivity index (χ1v) is 6.44. The molecule has 0 radical (unpaired) electrons. The van der Waals surface area contributed by atoms with E-state index < -0.39 is 0 Å². The number of hydrogen-bond acceptors (Lipinski definition) is 4. The van der Waals surface area contributed by atoms with Crippen LogP contribution in [0, 0.1) is 6.92 Å². The first-order chi connectivity index (χ1) is 7.15. The average molecular weight is 264 g/mol. The Hall–Kier alpha value is -0.480. The Morgan fingerprint density at radius 1 is 1.31 bits per heavy atom. The number of nitrogens with two attached hydrogens (primary N) is 1. The quantitative estimate of drug-likeness (QED) is 0.505. The molecule has 0 unspecified atom stereocenters. The van der Waals surface area contributed by atoms with E-state index in [1.807, 2.05) is 20.8 Å². The highest BCUT2D eigenvalue weighted by Gasteiger charge is 2.06. The van der Waals surface area contributed by atoms with E-state index in [2.05, 4.69) is 16.9 Å². The molecular weight excluding hydrogens is 242 g/mol. The molecule has 1 heterocycles. The zero-order valence-corrected chi connectivity index (χ0v) is 11.2. The van der Waals surface area contributed by atoms with Crippen LogP contribution in [0.3, 0.4) is 0 Å². The molecule has 0 fully saturated rings. The summed E-state index contributed by atoms with van der Waals surface area (Å²) in [5.41, 5.74) is 6.84. The smallest absolute Gasteiger partial charge is 0.189 e. The van der Waals surface area contributed by atoms with E-state index >= 15 is 0 Å². The summed E-state index contributed by atoms with van der Waals surface area (Å²) in [6.07, 6.45) is 1.09. The molecule has 0 amide bonds. The molecule has 1 aromatic rings. The lowest BCUT2D eigenvalue weighted by Crippen LogP contribution is -1.99. The monoisotopic (exact) mass is 263 g/mol. The summed E-state index contributed by atoms with van der Waals surface area (Å²) < 4.78 is 0. The summed E-state index contributed by atoms with van der Waals surface area (Å²) in [6, 6.07) is 0. The van der Waals surface area contributed by atoms with Gasteiger partial charge in [0.05, 0.1) is 11.4 Å². The molecule has 1 rings (SSSR count). The van der Waals surface area contributed by atoms with E-state index in [1.54, 1.807) is 11.8 Å². The number of aromatic nitrogens is 2. The Bertz CT molecular complexity index is 282. The van der Waals surface area contributed by atoms with Gasteiger partial charge in [-0.2, -0.15) is 0 Å². The fraction of sp³-hybridized carbons (Fsp3) is 0.636. The fourth-order valence-corrected chi connectivity index (χ4v) is 1.79. The van der Waals surface area contributed by atoms with Crippen molar-refractivity contribution >= 4 is 29.1 Å². The number of anilines is 1. The summed E-state index contributed by atoms with van der Waals surface area (Å²) in [4.78, 5) is 8.28. The van der Waals surface area contributed by atoms with Crippen LogP contribution in [0.2, 0.25) is 5.15 Å². The molecule has 16 heavy (non-hydrogen) atoms. The predicted octanol–water partition coefficient (Wildman–Crippen LogP) is 4.19. The van der Waals surface area contributed by atoms with Gasteiger partial charge in [-0.3, -0.25) is 0 Å². The molecule has 0 saturated heterocycles. The van der Waals surface area contributed by atoms with Gasteiger partial charge in [0.25, 0.3) is 0 Å². The van der Waals surface area contributed by atoms with Crippen molar-refractivity contribution in [2.24, 2.45) is 0 Å². The van der Waals surface area contributed by atoms with E-state index in [4.69, 9.17) is 17.3 Å². The van der Waals surface area contributed by atoms with Crippen LogP contribution < -0.4 is 5.73 Å². The molecule has 94 valence electrons. The maximum atomic E-state index is 5.81. The van der Waals surface area contributed by atoms with Crippen molar-refractivity contribution in [2.75, 3.05) is 11.5 Å². The van der Waals surface area contributed by atoms with Crippen LogP contribution in [0.25, 0.3) is 0 Å². The molecule has 0 aliphatic heterocycles. The van der Waals surface area contributed by atoms with Gasteiger partial charge >= 0.3 is 0 Å². The maximum Gasteiger partial charge on any atom is 0.189 e. The van der Waals surface area contributed by atoms with Crippen LogP contribution >= 0.6 is 23.4 Å². The Kier molecular flexibility index (Phi) is 10.9. The van der Waals surface area contributed by atoms with E-state index in [-0.39, 0.29) is 7.43 Å². The Morgan fingerprint density at radius 2 is 1.88 bits per heavy atom. The molecule has 2 N–H and O–H groups in total. The molecule has 0 spiro atoms. The topological polar surface area (TPSA) is 51.8 Å². The van der Waals surface area contributed by atoms with E-state index in [0.29, 0.717) is 16.0 Å². The zero-order chi connectivity index (χ0) is 11.8. The minimum absolute atomic E-state index is 0. The molecule has 3 nitrogen and oxygen atoms in total. The highest BCUT2D eigenvalue weighted by molar-refractivity contribution is 7.99. The van der Waals surface area contributed by atoms with Gasteiger partial charge in [0.1, 0.15) is 0 Å². The third-order valence-electron chi connectivity index (χ3n) is 1.50. The summed E-state index contributed by atoms with van der Waals surface area (Å²) in [7, 11) is 0. The molecule has 0 aliphatic carbocycles. The van der Waals surface area contributed by atoms with E-state index in [9.17, 15) is 0 Å². The first-order valence-electron chi connectivity index (χ1n) is 5.07. The average Bonchev–Trinajstić information content (AvgIpc) is 2.25. The Balaban J connectivity index is 0. The van der Waals surface area contributed by atoms with Gasteiger partial charge in [-0.15, -0.1) is 0 Å². The lowest BCUT2D eigenvalue weighted by Gasteiger charge is -2.04. The first kappa shape index (κ1) is 17.9. The SMILES string of the molecule is C.CC.CCCSc1nc(C)c(N)c(Cl)n1. The number of nitrogens with zero attached hydrogens (tertiary/aromatic N) is 2. The molecule has 5 heteroatoms.